The van der Waals surface area contributed by atoms with Gasteiger partial charge in [0.15, 0.2) is 5.76 Å². The van der Waals surface area contributed by atoms with Gasteiger partial charge in [-0.05, 0) is 31.9 Å². The molecule has 0 aromatic carbocycles. The molecule has 0 unspecified atom stereocenters. The van der Waals surface area contributed by atoms with Crippen LogP contribution in [0.4, 0.5) is 0 Å². The fourth-order valence-electron chi connectivity index (χ4n) is 3.03. The van der Waals surface area contributed by atoms with Crippen molar-refractivity contribution in [2.24, 2.45) is 0 Å². The number of amides is 1. The van der Waals surface area contributed by atoms with Crippen molar-refractivity contribution in [3.63, 3.8) is 0 Å². The first-order chi connectivity index (χ1) is 12.2. The van der Waals surface area contributed by atoms with Crippen LogP contribution < -0.4 is 0 Å². The Morgan fingerprint density at radius 2 is 2.28 bits per heavy atom. The lowest BCUT2D eigenvalue weighted by atomic mass is 9.98. The summed E-state index contributed by atoms with van der Waals surface area (Å²) < 4.78 is 11.1. The number of nitrogens with zero attached hydrogens (tertiary/aromatic N) is 5. The van der Waals surface area contributed by atoms with Crippen LogP contribution >= 0.6 is 0 Å². The SMILES string of the molecule is Cc1ncncc1-c1nnc([C@H]2CCCN(C(=O)c3ccco3)C2)o1. The molecule has 1 saturated heterocycles. The number of piperidine rings is 1. The van der Waals surface area contributed by atoms with Gasteiger partial charge in [-0.2, -0.15) is 0 Å². The van der Waals surface area contributed by atoms with Crippen LogP contribution in [0.3, 0.4) is 0 Å². The minimum absolute atomic E-state index is 0.0128. The average molecular weight is 339 g/mol. The number of furan rings is 1. The molecular weight excluding hydrogens is 322 g/mol. The Hall–Kier alpha value is -3.03. The number of hydrogen-bond donors (Lipinski definition) is 0. The minimum atomic E-state index is -0.109. The van der Waals surface area contributed by atoms with Crippen LogP contribution in [-0.4, -0.2) is 44.1 Å². The Balaban J connectivity index is 1.52. The third-order valence-corrected chi connectivity index (χ3v) is 4.37. The molecule has 4 heterocycles. The summed E-state index contributed by atoms with van der Waals surface area (Å²) >= 11 is 0. The van der Waals surface area contributed by atoms with Gasteiger partial charge >= 0.3 is 0 Å². The number of carbonyl (C=O) groups excluding carboxylic acids is 1. The van der Waals surface area contributed by atoms with E-state index in [1.54, 1.807) is 23.2 Å². The van der Waals surface area contributed by atoms with E-state index in [0.717, 1.165) is 24.1 Å². The first-order valence-electron chi connectivity index (χ1n) is 8.15. The zero-order valence-corrected chi connectivity index (χ0v) is 13.8. The first-order valence-corrected chi connectivity index (χ1v) is 8.15. The van der Waals surface area contributed by atoms with Crippen LogP contribution in [0.1, 0.15) is 40.9 Å². The van der Waals surface area contributed by atoms with Crippen LogP contribution in [-0.2, 0) is 0 Å². The number of carbonyl (C=O) groups is 1. The lowest BCUT2D eigenvalue weighted by molar-refractivity contribution is 0.0666. The normalized spacial score (nSPS) is 17.6. The van der Waals surface area contributed by atoms with E-state index < -0.39 is 0 Å². The van der Waals surface area contributed by atoms with Gasteiger partial charge in [-0.3, -0.25) is 4.79 Å². The Labute approximate surface area is 143 Å². The molecule has 0 bridgehead atoms. The number of aromatic nitrogens is 4. The molecule has 1 atom stereocenters. The van der Waals surface area contributed by atoms with E-state index in [0.29, 0.717) is 30.6 Å². The molecule has 8 nitrogen and oxygen atoms in total. The molecule has 3 aromatic rings. The van der Waals surface area contributed by atoms with Gasteiger partial charge < -0.3 is 13.7 Å². The second-order valence-corrected chi connectivity index (χ2v) is 6.03. The molecule has 1 aliphatic rings. The number of hydrogen-bond acceptors (Lipinski definition) is 7. The second-order valence-electron chi connectivity index (χ2n) is 6.03. The Morgan fingerprint density at radius 1 is 1.36 bits per heavy atom. The summed E-state index contributed by atoms with van der Waals surface area (Å²) in [6, 6.07) is 3.39. The highest BCUT2D eigenvalue weighted by Crippen LogP contribution is 2.29. The average Bonchev–Trinajstić information content (AvgIpc) is 3.34. The molecular formula is C17H17N5O3. The predicted octanol–water partition coefficient (Wildman–Crippen LogP) is 2.45. The summed E-state index contributed by atoms with van der Waals surface area (Å²) in [6.45, 7) is 3.10. The quantitative estimate of drug-likeness (QED) is 0.722. The van der Waals surface area contributed by atoms with Crippen molar-refractivity contribution >= 4 is 5.91 Å². The van der Waals surface area contributed by atoms with E-state index in [1.165, 1.54) is 12.6 Å². The van der Waals surface area contributed by atoms with Crippen molar-refractivity contribution in [3.05, 3.63) is 48.3 Å². The lowest BCUT2D eigenvalue weighted by Crippen LogP contribution is -2.39. The summed E-state index contributed by atoms with van der Waals surface area (Å²) in [6.07, 6.45) is 6.42. The van der Waals surface area contributed by atoms with Crippen LogP contribution in [0.15, 0.2) is 39.8 Å². The molecule has 0 radical (unpaired) electrons. The fourth-order valence-corrected chi connectivity index (χ4v) is 3.03. The molecule has 4 rings (SSSR count). The van der Waals surface area contributed by atoms with Crippen molar-refractivity contribution in [2.75, 3.05) is 13.1 Å². The molecule has 1 amide bonds. The van der Waals surface area contributed by atoms with Crippen LogP contribution in [0.5, 0.6) is 0 Å². The van der Waals surface area contributed by atoms with Crippen molar-refractivity contribution in [2.45, 2.75) is 25.7 Å². The summed E-state index contributed by atoms with van der Waals surface area (Å²) in [5.41, 5.74) is 1.50. The first kappa shape index (κ1) is 15.5. The van der Waals surface area contributed by atoms with E-state index in [-0.39, 0.29) is 11.8 Å². The highest BCUT2D eigenvalue weighted by atomic mass is 16.4. The van der Waals surface area contributed by atoms with E-state index >= 15 is 0 Å². The topological polar surface area (TPSA) is 98.2 Å². The molecule has 0 spiro atoms. The molecule has 0 aliphatic carbocycles. The molecule has 128 valence electrons. The van der Waals surface area contributed by atoms with Crippen molar-refractivity contribution < 1.29 is 13.6 Å². The maximum absolute atomic E-state index is 12.5. The molecule has 1 fully saturated rings. The number of aryl methyl sites for hydroxylation is 1. The molecule has 25 heavy (non-hydrogen) atoms. The van der Waals surface area contributed by atoms with Gasteiger partial charge in [-0.25, -0.2) is 9.97 Å². The van der Waals surface area contributed by atoms with Gasteiger partial charge in [-0.1, -0.05) is 0 Å². The molecule has 8 heteroatoms. The summed E-state index contributed by atoms with van der Waals surface area (Å²) in [5, 5.41) is 8.30. The van der Waals surface area contributed by atoms with Crippen molar-refractivity contribution in [1.29, 1.82) is 0 Å². The summed E-state index contributed by atoms with van der Waals surface area (Å²) in [4.78, 5) is 22.4. The van der Waals surface area contributed by atoms with E-state index in [4.69, 9.17) is 8.83 Å². The van der Waals surface area contributed by atoms with Gasteiger partial charge in [0, 0.05) is 19.3 Å². The van der Waals surface area contributed by atoms with Crippen LogP contribution in [0.25, 0.3) is 11.5 Å². The van der Waals surface area contributed by atoms with Crippen LogP contribution in [0, 0.1) is 6.92 Å². The number of likely N-dealkylation sites (tertiary alicyclic amines) is 1. The minimum Gasteiger partial charge on any atom is -0.459 e. The summed E-state index contributed by atoms with van der Waals surface area (Å²) in [5.74, 6) is 1.20. The van der Waals surface area contributed by atoms with Crippen molar-refractivity contribution in [1.82, 2.24) is 25.1 Å². The predicted molar refractivity (Wildman–Crippen MR) is 86.6 cm³/mol. The maximum atomic E-state index is 12.5. The van der Waals surface area contributed by atoms with Crippen molar-refractivity contribution in [3.8, 4) is 11.5 Å². The van der Waals surface area contributed by atoms with E-state index in [1.807, 2.05) is 6.92 Å². The molecule has 3 aromatic heterocycles. The van der Waals surface area contributed by atoms with E-state index in [9.17, 15) is 4.79 Å². The smallest absolute Gasteiger partial charge is 0.289 e. The van der Waals surface area contributed by atoms with E-state index in [2.05, 4.69) is 20.2 Å². The fraction of sp³-hybridized carbons (Fsp3) is 0.353. The monoisotopic (exact) mass is 339 g/mol. The summed E-state index contributed by atoms with van der Waals surface area (Å²) in [7, 11) is 0. The third kappa shape index (κ3) is 3.02. The lowest BCUT2D eigenvalue weighted by Gasteiger charge is -2.30. The molecule has 0 N–H and O–H groups in total. The zero-order chi connectivity index (χ0) is 17.2. The Bertz CT molecular complexity index is 874. The highest BCUT2D eigenvalue weighted by molar-refractivity contribution is 5.91. The van der Waals surface area contributed by atoms with Gasteiger partial charge in [-0.15, -0.1) is 10.2 Å². The molecule has 0 saturated carbocycles. The third-order valence-electron chi connectivity index (χ3n) is 4.37. The van der Waals surface area contributed by atoms with Crippen LogP contribution in [0.2, 0.25) is 0 Å². The number of rotatable bonds is 3. The second kappa shape index (κ2) is 6.46. The van der Waals surface area contributed by atoms with Gasteiger partial charge in [0.2, 0.25) is 5.89 Å². The zero-order valence-electron chi connectivity index (χ0n) is 13.8. The largest absolute Gasteiger partial charge is 0.459 e. The van der Waals surface area contributed by atoms with Gasteiger partial charge in [0.1, 0.15) is 6.33 Å². The van der Waals surface area contributed by atoms with Gasteiger partial charge in [0.25, 0.3) is 11.8 Å². The van der Waals surface area contributed by atoms with Gasteiger partial charge in [0.05, 0.1) is 23.4 Å². The molecule has 1 aliphatic heterocycles. The maximum Gasteiger partial charge on any atom is 0.289 e. The highest BCUT2D eigenvalue weighted by Gasteiger charge is 2.30. The Morgan fingerprint density at radius 3 is 3.08 bits per heavy atom. The Kier molecular flexibility index (Phi) is 4.01. The standard InChI is InChI=1S/C17H17N5O3/c1-11-13(8-18-10-19-11)16-21-20-15(25-16)12-4-2-6-22(9-12)17(23)14-5-3-7-24-14/h3,5,7-8,10,12H,2,4,6,9H2,1H3/t12-/m0/s1.